The van der Waals surface area contributed by atoms with Crippen LogP contribution in [0, 0.1) is 0 Å². The SMILES string of the molecule is CCN1CCCC1CN(C)c1ccc(CBr)cn1. The summed E-state index contributed by atoms with van der Waals surface area (Å²) in [5, 5.41) is 0.871. The molecular formula is C14H22BrN3. The fourth-order valence-corrected chi connectivity index (χ4v) is 2.98. The number of rotatable bonds is 5. The Labute approximate surface area is 118 Å². The van der Waals surface area contributed by atoms with Crippen LogP contribution in [0.4, 0.5) is 5.82 Å². The van der Waals surface area contributed by atoms with E-state index in [0.717, 1.165) is 24.2 Å². The van der Waals surface area contributed by atoms with Crippen molar-refractivity contribution < 1.29 is 0 Å². The Balaban J connectivity index is 1.95. The molecule has 1 fully saturated rings. The van der Waals surface area contributed by atoms with Crippen LogP contribution in [0.5, 0.6) is 0 Å². The number of halogens is 1. The highest BCUT2D eigenvalue weighted by molar-refractivity contribution is 9.08. The van der Waals surface area contributed by atoms with Crippen LogP contribution in [-0.4, -0.2) is 42.6 Å². The van der Waals surface area contributed by atoms with Crippen LogP contribution in [0.3, 0.4) is 0 Å². The van der Waals surface area contributed by atoms with Gasteiger partial charge in [-0.1, -0.05) is 28.9 Å². The molecule has 1 atom stereocenters. The monoisotopic (exact) mass is 311 g/mol. The highest BCUT2D eigenvalue weighted by atomic mass is 79.9. The minimum absolute atomic E-state index is 0.692. The van der Waals surface area contributed by atoms with E-state index in [2.05, 4.69) is 56.8 Å². The fraction of sp³-hybridized carbons (Fsp3) is 0.643. The molecule has 0 aliphatic carbocycles. The normalized spacial score (nSPS) is 20.3. The lowest BCUT2D eigenvalue weighted by atomic mass is 10.2. The van der Waals surface area contributed by atoms with E-state index < -0.39 is 0 Å². The number of hydrogen-bond acceptors (Lipinski definition) is 3. The number of nitrogens with zero attached hydrogens (tertiary/aromatic N) is 3. The van der Waals surface area contributed by atoms with Crippen molar-refractivity contribution in [1.29, 1.82) is 0 Å². The molecule has 1 saturated heterocycles. The number of pyridine rings is 1. The van der Waals surface area contributed by atoms with Gasteiger partial charge in [-0.05, 0) is 37.6 Å². The van der Waals surface area contributed by atoms with Crippen molar-refractivity contribution in [3.63, 3.8) is 0 Å². The van der Waals surface area contributed by atoms with Crippen LogP contribution in [0.15, 0.2) is 18.3 Å². The lowest BCUT2D eigenvalue weighted by molar-refractivity contribution is 0.270. The molecule has 0 spiro atoms. The molecule has 0 N–H and O–H groups in total. The van der Waals surface area contributed by atoms with Crippen molar-refractivity contribution in [2.24, 2.45) is 0 Å². The smallest absolute Gasteiger partial charge is 0.128 e. The summed E-state index contributed by atoms with van der Waals surface area (Å²) in [6.45, 7) is 5.75. The van der Waals surface area contributed by atoms with E-state index in [1.165, 1.54) is 24.9 Å². The second-order valence-corrected chi connectivity index (χ2v) is 5.52. The number of alkyl halides is 1. The summed E-state index contributed by atoms with van der Waals surface area (Å²) in [5.74, 6) is 1.07. The Morgan fingerprint density at radius 1 is 1.50 bits per heavy atom. The zero-order valence-electron chi connectivity index (χ0n) is 11.3. The van der Waals surface area contributed by atoms with Gasteiger partial charge in [0.15, 0.2) is 0 Å². The van der Waals surface area contributed by atoms with Crippen LogP contribution in [0.1, 0.15) is 25.3 Å². The molecule has 1 aromatic heterocycles. The molecule has 100 valence electrons. The molecule has 2 rings (SSSR count). The Hall–Kier alpha value is -0.610. The molecule has 18 heavy (non-hydrogen) atoms. The number of likely N-dealkylation sites (tertiary alicyclic amines) is 1. The third-order valence-electron chi connectivity index (χ3n) is 3.74. The lowest BCUT2D eigenvalue weighted by Crippen LogP contribution is -2.39. The van der Waals surface area contributed by atoms with Crippen LogP contribution in [0.2, 0.25) is 0 Å². The average Bonchev–Trinajstić information content (AvgIpc) is 2.86. The Morgan fingerprint density at radius 2 is 2.33 bits per heavy atom. The van der Waals surface area contributed by atoms with E-state index in [9.17, 15) is 0 Å². The van der Waals surface area contributed by atoms with Gasteiger partial charge in [0.2, 0.25) is 0 Å². The van der Waals surface area contributed by atoms with Crippen LogP contribution in [0.25, 0.3) is 0 Å². The standard InChI is InChI=1S/C14H22BrN3/c1-3-18-8-4-5-13(18)11-17(2)14-7-6-12(9-15)10-16-14/h6-7,10,13H,3-5,8-9,11H2,1-2H3. The summed E-state index contributed by atoms with van der Waals surface area (Å²) in [6.07, 6.45) is 4.60. The van der Waals surface area contributed by atoms with E-state index >= 15 is 0 Å². The van der Waals surface area contributed by atoms with Crippen molar-refractivity contribution in [2.45, 2.75) is 31.1 Å². The van der Waals surface area contributed by atoms with Crippen molar-refractivity contribution in [2.75, 3.05) is 31.6 Å². The number of anilines is 1. The minimum Gasteiger partial charge on any atom is -0.358 e. The number of hydrogen-bond donors (Lipinski definition) is 0. The van der Waals surface area contributed by atoms with Gasteiger partial charge in [0.25, 0.3) is 0 Å². The van der Waals surface area contributed by atoms with Gasteiger partial charge in [0.05, 0.1) is 0 Å². The summed E-state index contributed by atoms with van der Waals surface area (Å²) < 4.78 is 0. The highest BCUT2D eigenvalue weighted by Crippen LogP contribution is 2.19. The first kappa shape index (κ1) is 13.8. The topological polar surface area (TPSA) is 19.4 Å². The summed E-state index contributed by atoms with van der Waals surface area (Å²) in [6, 6.07) is 4.94. The molecule has 4 heteroatoms. The van der Waals surface area contributed by atoms with E-state index in [1.807, 2.05) is 6.20 Å². The van der Waals surface area contributed by atoms with Gasteiger partial charge in [0, 0.05) is 31.2 Å². The number of likely N-dealkylation sites (N-methyl/N-ethyl adjacent to an activating group) is 2. The van der Waals surface area contributed by atoms with Crippen LogP contribution in [-0.2, 0) is 5.33 Å². The molecule has 0 saturated carbocycles. The van der Waals surface area contributed by atoms with Gasteiger partial charge in [-0.3, -0.25) is 4.90 Å². The van der Waals surface area contributed by atoms with Gasteiger partial charge < -0.3 is 4.90 Å². The van der Waals surface area contributed by atoms with Crippen molar-refractivity contribution in [1.82, 2.24) is 9.88 Å². The lowest BCUT2D eigenvalue weighted by Gasteiger charge is -2.28. The van der Waals surface area contributed by atoms with Gasteiger partial charge in [-0.15, -0.1) is 0 Å². The molecule has 0 bridgehead atoms. The third-order valence-corrected chi connectivity index (χ3v) is 4.39. The molecule has 0 amide bonds. The van der Waals surface area contributed by atoms with Gasteiger partial charge in [-0.25, -0.2) is 4.98 Å². The molecular weight excluding hydrogens is 290 g/mol. The maximum atomic E-state index is 4.52. The van der Waals surface area contributed by atoms with Gasteiger partial charge in [0.1, 0.15) is 5.82 Å². The zero-order valence-corrected chi connectivity index (χ0v) is 12.9. The highest BCUT2D eigenvalue weighted by Gasteiger charge is 2.24. The second kappa shape index (κ2) is 6.53. The van der Waals surface area contributed by atoms with Crippen molar-refractivity contribution in [3.05, 3.63) is 23.9 Å². The van der Waals surface area contributed by atoms with Gasteiger partial charge >= 0.3 is 0 Å². The summed E-state index contributed by atoms with van der Waals surface area (Å²) >= 11 is 3.45. The molecule has 3 nitrogen and oxygen atoms in total. The molecule has 2 heterocycles. The maximum absolute atomic E-state index is 4.52. The molecule has 1 aliphatic heterocycles. The molecule has 1 aliphatic rings. The largest absolute Gasteiger partial charge is 0.358 e. The zero-order chi connectivity index (χ0) is 13.0. The number of aromatic nitrogens is 1. The van der Waals surface area contributed by atoms with Crippen molar-refractivity contribution >= 4 is 21.7 Å². The van der Waals surface area contributed by atoms with Gasteiger partial charge in [-0.2, -0.15) is 0 Å². The van der Waals surface area contributed by atoms with Crippen LogP contribution >= 0.6 is 15.9 Å². The van der Waals surface area contributed by atoms with E-state index in [-0.39, 0.29) is 0 Å². The maximum Gasteiger partial charge on any atom is 0.128 e. The summed E-state index contributed by atoms with van der Waals surface area (Å²) in [5.41, 5.74) is 1.23. The Bertz CT molecular complexity index is 366. The Kier molecular flexibility index (Phi) is 5.01. The first-order valence-corrected chi connectivity index (χ1v) is 7.82. The summed E-state index contributed by atoms with van der Waals surface area (Å²) in [7, 11) is 2.14. The Morgan fingerprint density at radius 3 is 2.94 bits per heavy atom. The van der Waals surface area contributed by atoms with E-state index in [0.29, 0.717) is 6.04 Å². The predicted molar refractivity (Wildman–Crippen MR) is 80.4 cm³/mol. The van der Waals surface area contributed by atoms with Crippen LogP contribution < -0.4 is 4.90 Å². The molecule has 0 radical (unpaired) electrons. The molecule has 0 aromatic carbocycles. The summed E-state index contributed by atoms with van der Waals surface area (Å²) in [4.78, 5) is 9.37. The van der Waals surface area contributed by atoms with Crippen molar-refractivity contribution in [3.8, 4) is 0 Å². The van der Waals surface area contributed by atoms with E-state index in [4.69, 9.17) is 0 Å². The third kappa shape index (κ3) is 3.23. The first-order chi connectivity index (χ1) is 8.74. The molecule has 1 unspecified atom stereocenters. The quantitative estimate of drug-likeness (QED) is 0.779. The minimum atomic E-state index is 0.692. The average molecular weight is 312 g/mol. The molecule has 1 aromatic rings. The predicted octanol–water partition coefficient (Wildman–Crippen LogP) is 2.90. The first-order valence-electron chi connectivity index (χ1n) is 6.70. The van der Waals surface area contributed by atoms with E-state index in [1.54, 1.807) is 0 Å². The fourth-order valence-electron chi connectivity index (χ4n) is 2.65. The second-order valence-electron chi connectivity index (χ2n) is 4.96.